The fourth-order valence-electron chi connectivity index (χ4n) is 2.29. The molecule has 0 amide bonds. The number of hydrogen-bond donors (Lipinski definition) is 2. The van der Waals surface area contributed by atoms with Crippen LogP contribution in [0.2, 0.25) is 0 Å². The first kappa shape index (κ1) is 11.1. The number of carbonyl (C=O) groups excluding carboxylic acids is 1. The molecule has 1 aliphatic rings. The molecule has 0 aromatic heterocycles. The third kappa shape index (κ3) is 2.61. The summed E-state index contributed by atoms with van der Waals surface area (Å²) in [5, 5.41) is 12.8. The fourth-order valence-corrected chi connectivity index (χ4v) is 2.29. The van der Waals surface area contributed by atoms with Crippen LogP contribution in [0.3, 0.4) is 0 Å². The molecule has 1 heterocycles. The summed E-state index contributed by atoms with van der Waals surface area (Å²) in [6.45, 7) is 2.10. The van der Waals surface area contributed by atoms with E-state index in [0.717, 1.165) is 31.4 Å². The molecule has 1 aliphatic heterocycles. The van der Waals surface area contributed by atoms with Gasteiger partial charge in [-0.2, -0.15) is 0 Å². The Bertz CT molecular complexity index is 370. The minimum Gasteiger partial charge on any atom is -0.508 e. The summed E-state index contributed by atoms with van der Waals surface area (Å²) in [5.74, 6) is 0.818. The molecule has 1 aromatic carbocycles. The molecule has 3 heteroatoms. The van der Waals surface area contributed by atoms with Crippen molar-refractivity contribution in [2.75, 3.05) is 13.1 Å². The van der Waals surface area contributed by atoms with Gasteiger partial charge in [0.1, 0.15) is 12.0 Å². The van der Waals surface area contributed by atoms with Crippen LogP contribution in [0.1, 0.15) is 28.8 Å². The Hall–Kier alpha value is -1.35. The van der Waals surface area contributed by atoms with Crippen molar-refractivity contribution in [1.29, 1.82) is 0 Å². The first-order valence-corrected chi connectivity index (χ1v) is 5.77. The summed E-state index contributed by atoms with van der Waals surface area (Å²) in [4.78, 5) is 10.9. The van der Waals surface area contributed by atoms with Crippen molar-refractivity contribution in [3.05, 3.63) is 29.3 Å². The Morgan fingerprint density at radius 2 is 2.38 bits per heavy atom. The average Bonchev–Trinajstić information content (AvgIpc) is 2.31. The van der Waals surface area contributed by atoms with E-state index in [9.17, 15) is 9.90 Å². The second-order valence-corrected chi connectivity index (χ2v) is 4.42. The van der Waals surface area contributed by atoms with Gasteiger partial charge in [0.2, 0.25) is 0 Å². The summed E-state index contributed by atoms with van der Waals surface area (Å²) in [6.07, 6.45) is 4.13. The normalized spacial score (nSPS) is 20.6. The zero-order valence-electron chi connectivity index (χ0n) is 9.28. The van der Waals surface area contributed by atoms with E-state index in [1.807, 2.05) is 0 Å². The van der Waals surface area contributed by atoms with Crippen molar-refractivity contribution < 1.29 is 9.90 Å². The van der Waals surface area contributed by atoms with E-state index >= 15 is 0 Å². The van der Waals surface area contributed by atoms with E-state index in [-0.39, 0.29) is 5.75 Å². The van der Waals surface area contributed by atoms with E-state index in [2.05, 4.69) is 5.32 Å². The molecule has 0 bridgehead atoms. The van der Waals surface area contributed by atoms with E-state index in [1.54, 1.807) is 18.2 Å². The van der Waals surface area contributed by atoms with Crippen molar-refractivity contribution in [2.24, 2.45) is 5.92 Å². The molecule has 0 spiro atoms. The molecular formula is C13H17NO2. The van der Waals surface area contributed by atoms with Gasteiger partial charge in [0.15, 0.2) is 0 Å². The molecule has 1 aromatic rings. The smallest absolute Gasteiger partial charge is 0.150 e. The number of aldehydes is 1. The van der Waals surface area contributed by atoms with Gasteiger partial charge < -0.3 is 10.4 Å². The number of phenolic OH excluding ortho intramolecular Hbond substituents is 1. The van der Waals surface area contributed by atoms with Crippen molar-refractivity contribution >= 4 is 6.29 Å². The van der Waals surface area contributed by atoms with Crippen LogP contribution < -0.4 is 5.32 Å². The lowest BCUT2D eigenvalue weighted by molar-refractivity contribution is 0.112. The zero-order chi connectivity index (χ0) is 11.4. The minimum atomic E-state index is 0.240. The SMILES string of the molecule is O=Cc1ccc(O)cc1CC1CCCNC1. The summed E-state index contributed by atoms with van der Waals surface area (Å²) in [6, 6.07) is 4.96. The van der Waals surface area contributed by atoms with Crippen molar-refractivity contribution in [3.8, 4) is 5.75 Å². The first-order valence-electron chi connectivity index (χ1n) is 5.77. The maximum Gasteiger partial charge on any atom is 0.150 e. The van der Waals surface area contributed by atoms with E-state index in [0.29, 0.717) is 11.5 Å². The van der Waals surface area contributed by atoms with E-state index in [4.69, 9.17) is 0 Å². The lowest BCUT2D eigenvalue weighted by Crippen LogP contribution is -2.31. The minimum absolute atomic E-state index is 0.240. The van der Waals surface area contributed by atoms with Gasteiger partial charge in [-0.05, 0) is 62.0 Å². The highest BCUT2D eigenvalue weighted by atomic mass is 16.3. The van der Waals surface area contributed by atoms with Crippen LogP contribution in [-0.2, 0) is 6.42 Å². The molecule has 0 saturated carbocycles. The first-order chi connectivity index (χ1) is 7.79. The van der Waals surface area contributed by atoms with Crippen molar-refractivity contribution in [2.45, 2.75) is 19.3 Å². The number of piperidine rings is 1. The quantitative estimate of drug-likeness (QED) is 0.761. The number of benzene rings is 1. The summed E-state index contributed by atoms with van der Waals surface area (Å²) in [7, 11) is 0. The zero-order valence-corrected chi connectivity index (χ0v) is 9.28. The maximum absolute atomic E-state index is 10.9. The predicted octanol–water partition coefficient (Wildman–Crippen LogP) is 1.75. The molecule has 2 rings (SSSR count). The van der Waals surface area contributed by atoms with Gasteiger partial charge in [-0.25, -0.2) is 0 Å². The standard InChI is InChI=1S/C13H17NO2/c15-9-11-3-4-13(16)7-12(11)6-10-2-1-5-14-8-10/h3-4,7,9-10,14,16H,1-2,5-6,8H2. The molecule has 0 radical (unpaired) electrons. The monoisotopic (exact) mass is 219 g/mol. The number of aromatic hydroxyl groups is 1. The Balaban J connectivity index is 2.12. The van der Waals surface area contributed by atoms with Crippen LogP contribution >= 0.6 is 0 Å². The summed E-state index contributed by atoms with van der Waals surface area (Å²) in [5.41, 5.74) is 1.66. The van der Waals surface area contributed by atoms with Gasteiger partial charge in [0.25, 0.3) is 0 Å². The van der Waals surface area contributed by atoms with E-state index < -0.39 is 0 Å². The van der Waals surface area contributed by atoms with Crippen LogP contribution in [0, 0.1) is 5.92 Å². The third-order valence-corrected chi connectivity index (χ3v) is 3.16. The molecule has 16 heavy (non-hydrogen) atoms. The average molecular weight is 219 g/mol. The molecular weight excluding hydrogens is 202 g/mol. The predicted molar refractivity (Wildman–Crippen MR) is 62.8 cm³/mol. The molecule has 86 valence electrons. The Kier molecular flexibility index (Phi) is 3.57. The highest BCUT2D eigenvalue weighted by molar-refractivity contribution is 5.77. The largest absolute Gasteiger partial charge is 0.508 e. The van der Waals surface area contributed by atoms with E-state index in [1.165, 1.54) is 12.8 Å². The van der Waals surface area contributed by atoms with Gasteiger partial charge >= 0.3 is 0 Å². The Labute approximate surface area is 95.5 Å². The molecule has 1 unspecified atom stereocenters. The summed E-state index contributed by atoms with van der Waals surface area (Å²) >= 11 is 0. The molecule has 2 N–H and O–H groups in total. The molecule has 1 atom stereocenters. The van der Waals surface area contributed by atoms with Crippen LogP contribution in [0.15, 0.2) is 18.2 Å². The van der Waals surface area contributed by atoms with Gasteiger partial charge in [-0.1, -0.05) is 0 Å². The van der Waals surface area contributed by atoms with Crippen molar-refractivity contribution in [3.63, 3.8) is 0 Å². The highest BCUT2D eigenvalue weighted by Gasteiger charge is 2.15. The Morgan fingerprint density at radius 3 is 3.06 bits per heavy atom. The molecule has 1 saturated heterocycles. The van der Waals surface area contributed by atoms with Gasteiger partial charge in [0, 0.05) is 5.56 Å². The number of rotatable bonds is 3. The maximum atomic E-state index is 10.9. The topological polar surface area (TPSA) is 49.3 Å². The van der Waals surface area contributed by atoms with Gasteiger partial charge in [-0.3, -0.25) is 4.79 Å². The second kappa shape index (κ2) is 5.12. The summed E-state index contributed by atoms with van der Waals surface area (Å²) < 4.78 is 0. The third-order valence-electron chi connectivity index (χ3n) is 3.16. The van der Waals surface area contributed by atoms with Gasteiger partial charge in [0.05, 0.1) is 0 Å². The number of carbonyl (C=O) groups is 1. The number of nitrogens with one attached hydrogen (secondary N) is 1. The van der Waals surface area contributed by atoms with Gasteiger partial charge in [-0.15, -0.1) is 0 Å². The van der Waals surface area contributed by atoms with Crippen LogP contribution in [0.25, 0.3) is 0 Å². The van der Waals surface area contributed by atoms with Crippen LogP contribution in [0.5, 0.6) is 5.75 Å². The van der Waals surface area contributed by atoms with Crippen LogP contribution in [-0.4, -0.2) is 24.5 Å². The highest BCUT2D eigenvalue weighted by Crippen LogP contribution is 2.21. The Morgan fingerprint density at radius 1 is 1.50 bits per heavy atom. The molecule has 0 aliphatic carbocycles. The number of phenols is 1. The van der Waals surface area contributed by atoms with Crippen molar-refractivity contribution in [1.82, 2.24) is 5.32 Å². The van der Waals surface area contributed by atoms with Crippen LogP contribution in [0.4, 0.5) is 0 Å². The fraction of sp³-hybridized carbons (Fsp3) is 0.462. The molecule has 1 fully saturated rings. The second-order valence-electron chi connectivity index (χ2n) is 4.42. The molecule has 3 nitrogen and oxygen atoms in total. The lowest BCUT2D eigenvalue weighted by atomic mass is 9.90. The lowest BCUT2D eigenvalue weighted by Gasteiger charge is -2.23. The number of hydrogen-bond acceptors (Lipinski definition) is 3.